The lowest BCUT2D eigenvalue weighted by Gasteiger charge is -2.11. The third-order valence-electron chi connectivity index (χ3n) is 3.06. The molecule has 0 unspecified atom stereocenters. The number of aryl methyl sites for hydroxylation is 1. The first kappa shape index (κ1) is 16.8. The Morgan fingerprint density at radius 3 is 2.36 bits per heavy atom. The maximum Gasteiger partial charge on any atom is 0.257 e. The SMILES string of the molecule is Cc1ccc(S(C)(=O)=O)cc1NC(=O)c1ccc(Cl)cc1Cl. The molecular weight excluding hydrogens is 345 g/mol. The van der Waals surface area contributed by atoms with Crippen LogP contribution in [0, 0.1) is 6.92 Å². The van der Waals surface area contributed by atoms with Crippen molar-refractivity contribution in [1.29, 1.82) is 0 Å². The summed E-state index contributed by atoms with van der Waals surface area (Å²) in [7, 11) is -3.35. The first-order valence-corrected chi connectivity index (χ1v) is 8.90. The van der Waals surface area contributed by atoms with Gasteiger partial charge in [0.25, 0.3) is 5.91 Å². The highest BCUT2D eigenvalue weighted by Crippen LogP contribution is 2.24. The summed E-state index contributed by atoms with van der Waals surface area (Å²) in [5.41, 5.74) is 1.42. The molecule has 0 aliphatic rings. The zero-order valence-electron chi connectivity index (χ0n) is 11.9. The van der Waals surface area contributed by atoms with Crippen LogP contribution in [0.2, 0.25) is 10.0 Å². The molecule has 2 aromatic rings. The Bertz CT molecular complexity index is 848. The van der Waals surface area contributed by atoms with Crippen LogP contribution in [0.4, 0.5) is 5.69 Å². The maximum atomic E-state index is 12.3. The predicted octanol–water partition coefficient (Wildman–Crippen LogP) is 3.96. The van der Waals surface area contributed by atoms with Crippen molar-refractivity contribution in [1.82, 2.24) is 0 Å². The molecule has 1 N–H and O–H groups in total. The fraction of sp³-hybridized carbons (Fsp3) is 0.133. The lowest BCUT2D eigenvalue weighted by molar-refractivity contribution is 0.102. The van der Waals surface area contributed by atoms with Gasteiger partial charge in [-0.25, -0.2) is 8.42 Å². The molecule has 0 aromatic heterocycles. The quantitative estimate of drug-likeness (QED) is 0.903. The van der Waals surface area contributed by atoms with E-state index in [0.717, 1.165) is 11.8 Å². The zero-order valence-corrected chi connectivity index (χ0v) is 14.2. The van der Waals surface area contributed by atoms with Crippen LogP contribution in [0.25, 0.3) is 0 Å². The molecule has 0 saturated carbocycles. The molecule has 2 aromatic carbocycles. The summed E-state index contributed by atoms with van der Waals surface area (Å²) in [5.74, 6) is -0.435. The molecule has 0 aliphatic heterocycles. The minimum Gasteiger partial charge on any atom is -0.322 e. The van der Waals surface area contributed by atoms with Gasteiger partial charge in [-0.3, -0.25) is 4.79 Å². The van der Waals surface area contributed by atoms with Gasteiger partial charge in [-0.1, -0.05) is 29.3 Å². The standard InChI is InChI=1S/C15H13Cl2NO3S/c1-9-3-5-11(22(2,20)21)8-14(9)18-15(19)12-6-4-10(16)7-13(12)17/h3-8H,1-2H3,(H,18,19). The molecule has 0 atom stereocenters. The lowest BCUT2D eigenvalue weighted by atomic mass is 10.1. The number of carbonyl (C=O) groups excluding carboxylic acids is 1. The minimum atomic E-state index is -3.35. The third-order valence-corrected chi connectivity index (χ3v) is 4.72. The van der Waals surface area contributed by atoms with Gasteiger partial charge in [-0.2, -0.15) is 0 Å². The molecule has 0 spiro atoms. The number of hydrogen-bond donors (Lipinski definition) is 1. The second-order valence-electron chi connectivity index (χ2n) is 4.83. The Kier molecular flexibility index (Phi) is 4.80. The normalized spacial score (nSPS) is 11.3. The van der Waals surface area contributed by atoms with E-state index in [9.17, 15) is 13.2 Å². The molecule has 4 nitrogen and oxygen atoms in total. The van der Waals surface area contributed by atoms with Crippen LogP contribution in [0.3, 0.4) is 0 Å². The summed E-state index contributed by atoms with van der Waals surface area (Å²) in [6.07, 6.45) is 1.11. The summed E-state index contributed by atoms with van der Waals surface area (Å²) in [6.45, 7) is 1.77. The summed E-state index contributed by atoms with van der Waals surface area (Å²) < 4.78 is 23.2. The van der Waals surface area contributed by atoms with Gasteiger partial charge in [0.05, 0.1) is 15.5 Å². The van der Waals surface area contributed by atoms with Crippen molar-refractivity contribution in [3.63, 3.8) is 0 Å². The van der Waals surface area contributed by atoms with Gasteiger partial charge in [0.1, 0.15) is 0 Å². The van der Waals surface area contributed by atoms with Crippen LogP contribution in [0.5, 0.6) is 0 Å². The van der Waals surface area contributed by atoms with Gasteiger partial charge >= 0.3 is 0 Å². The van der Waals surface area contributed by atoms with Crippen LogP contribution in [0.15, 0.2) is 41.3 Å². The number of benzene rings is 2. The first-order valence-electron chi connectivity index (χ1n) is 6.25. The molecular formula is C15H13Cl2NO3S. The Balaban J connectivity index is 2.36. The van der Waals surface area contributed by atoms with Gasteiger partial charge in [0.15, 0.2) is 9.84 Å². The number of halogens is 2. The lowest BCUT2D eigenvalue weighted by Crippen LogP contribution is -2.14. The Morgan fingerprint density at radius 2 is 1.77 bits per heavy atom. The number of anilines is 1. The Labute approximate surface area is 139 Å². The van der Waals surface area contributed by atoms with Crippen molar-refractivity contribution in [3.8, 4) is 0 Å². The van der Waals surface area contributed by atoms with E-state index in [2.05, 4.69) is 5.32 Å². The van der Waals surface area contributed by atoms with Gasteiger partial charge in [0.2, 0.25) is 0 Å². The number of rotatable bonds is 3. The molecule has 22 heavy (non-hydrogen) atoms. The smallest absolute Gasteiger partial charge is 0.257 e. The molecule has 1 amide bonds. The summed E-state index contributed by atoms with van der Waals surface area (Å²) >= 11 is 11.8. The van der Waals surface area contributed by atoms with E-state index in [-0.39, 0.29) is 15.5 Å². The molecule has 0 radical (unpaired) electrons. The van der Waals surface area contributed by atoms with Crippen molar-refractivity contribution in [2.75, 3.05) is 11.6 Å². The second kappa shape index (κ2) is 6.28. The van der Waals surface area contributed by atoms with Gasteiger partial charge in [-0.15, -0.1) is 0 Å². The highest BCUT2D eigenvalue weighted by molar-refractivity contribution is 7.90. The van der Waals surface area contributed by atoms with Gasteiger partial charge in [0, 0.05) is 17.0 Å². The van der Waals surface area contributed by atoms with Crippen molar-refractivity contribution in [2.45, 2.75) is 11.8 Å². The fourth-order valence-electron chi connectivity index (χ4n) is 1.83. The Morgan fingerprint density at radius 1 is 1.09 bits per heavy atom. The minimum absolute atomic E-state index is 0.135. The van der Waals surface area contributed by atoms with Crippen molar-refractivity contribution >= 4 is 44.6 Å². The van der Waals surface area contributed by atoms with Crippen molar-refractivity contribution in [3.05, 3.63) is 57.6 Å². The molecule has 7 heteroatoms. The average Bonchev–Trinajstić information content (AvgIpc) is 2.39. The monoisotopic (exact) mass is 357 g/mol. The highest BCUT2D eigenvalue weighted by Gasteiger charge is 2.14. The molecule has 0 heterocycles. The van der Waals surface area contributed by atoms with Crippen molar-refractivity contribution < 1.29 is 13.2 Å². The number of carbonyl (C=O) groups is 1. The summed E-state index contributed by atoms with van der Waals surface area (Å²) in [4.78, 5) is 12.4. The number of sulfone groups is 1. The number of hydrogen-bond acceptors (Lipinski definition) is 3. The fourth-order valence-corrected chi connectivity index (χ4v) is 2.97. The van der Waals surface area contributed by atoms with E-state index in [0.29, 0.717) is 10.7 Å². The van der Waals surface area contributed by atoms with Crippen LogP contribution in [-0.4, -0.2) is 20.6 Å². The number of nitrogens with one attached hydrogen (secondary N) is 1. The van der Waals surface area contributed by atoms with E-state index < -0.39 is 15.7 Å². The van der Waals surface area contributed by atoms with Crippen LogP contribution >= 0.6 is 23.2 Å². The van der Waals surface area contributed by atoms with E-state index in [1.54, 1.807) is 19.1 Å². The van der Waals surface area contributed by atoms with Crippen LogP contribution in [-0.2, 0) is 9.84 Å². The largest absolute Gasteiger partial charge is 0.322 e. The first-order chi connectivity index (χ1) is 10.2. The van der Waals surface area contributed by atoms with E-state index >= 15 is 0 Å². The van der Waals surface area contributed by atoms with Gasteiger partial charge in [-0.05, 0) is 42.8 Å². The average molecular weight is 358 g/mol. The molecule has 0 bridgehead atoms. The van der Waals surface area contributed by atoms with E-state index in [1.165, 1.54) is 24.3 Å². The molecule has 0 saturated heterocycles. The van der Waals surface area contributed by atoms with Crippen LogP contribution in [0.1, 0.15) is 15.9 Å². The molecule has 2 rings (SSSR count). The van der Waals surface area contributed by atoms with Crippen LogP contribution < -0.4 is 5.32 Å². The highest BCUT2D eigenvalue weighted by atomic mass is 35.5. The molecule has 116 valence electrons. The summed E-state index contributed by atoms with van der Waals surface area (Å²) in [6, 6.07) is 9.09. The molecule has 0 fully saturated rings. The second-order valence-corrected chi connectivity index (χ2v) is 7.69. The summed E-state index contributed by atoms with van der Waals surface area (Å²) in [5, 5.41) is 3.32. The third kappa shape index (κ3) is 3.80. The number of amides is 1. The molecule has 0 aliphatic carbocycles. The maximum absolute atomic E-state index is 12.3. The van der Waals surface area contributed by atoms with E-state index in [1.807, 2.05) is 0 Å². The van der Waals surface area contributed by atoms with E-state index in [4.69, 9.17) is 23.2 Å². The van der Waals surface area contributed by atoms with Crippen molar-refractivity contribution in [2.24, 2.45) is 0 Å². The van der Waals surface area contributed by atoms with Gasteiger partial charge < -0.3 is 5.32 Å². The predicted molar refractivity (Wildman–Crippen MR) is 88.7 cm³/mol. The zero-order chi connectivity index (χ0) is 16.5. The topological polar surface area (TPSA) is 63.2 Å². The Hall–Kier alpha value is -1.56.